The summed E-state index contributed by atoms with van der Waals surface area (Å²) in [5.41, 5.74) is 11.0. The Bertz CT molecular complexity index is 3020. The summed E-state index contributed by atoms with van der Waals surface area (Å²) < 4.78 is 32.0. The molecule has 12 nitrogen and oxygen atoms in total. The van der Waals surface area contributed by atoms with Gasteiger partial charge in [-0.15, -0.1) is 10.2 Å². The molecule has 0 spiro atoms. The lowest BCUT2D eigenvalue weighted by Crippen LogP contribution is -2.27. The molecule has 69 heavy (non-hydrogen) atoms. The van der Waals surface area contributed by atoms with E-state index in [9.17, 15) is 13.7 Å². The van der Waals surface area contributed by atoms with Gasteiger partial charge in [0.2, 0.25) is 15.2 Å². The number of aromatic nitrogens is 4. The molecule has 3 aromatic heterocycles. The van der Waals surface area contributed by atoms with Crippen molar-refractivity contribution in [3.8, 4) is 11.2 Å². The minimum atomic E-state index is -3.72. The molecule has 1 aliphatic heterocycles. The number of fused-ring (bicyclic) bond motifs is 1. The molecular formula is C55H72N10O2S2. The minimum absolute atomic E-state index is 0.230. The molecule has 3 aromatic carbocycles. The van der Waals surface area contributed by atoms with Crippen molar-refractivity contribution in [2.45, 2.75) is 164 Å². The number of nitriles is 1. The van der Waals surface area contributed by atoms with Crippen molar-refractivity contribution in [2.24, 2.45) is 16.1 Å². The highest BCUT2D eigenvalue weighted by Crippen LogP contribution is 2.46. The Morgan fingerprint density at radius 1 is 0.870 bits per heavy atom. The van der Waals surface area contributed by atoms with Gasteiger partial charge in [0.25, 0.3) is 0 Å². The summed E-state index contributed by atoms with van der Waals surface area (Å²) in [5.74, 6) is 2.04. The summed E-state index contributed by atoms with van der Waals surface area (Å²) in [5, 5.41) is 30.0. The predicted octanol–water partition coefficient (Wildman–Crippen LogP) is 15.1. The van der Waals surface area contributed by atoms with Crippen LogP contribution in [0.2, 0.25) is 0 Å². The van der Waals surface area contributed by atoms with E-state index in [0.29, 0.717) is 45.0 Å². The maximum atomic E-state index is 14.0. The fourth-order valence-corrected chi connectivity index (χ4v) is 12.9. The Labute approximate surface area is 415 Å². The number of unbranched alkanes of at least 4 members (excludes halogenated alkanes) is 2. The summed E-state index contributed by atoms with van der Waals surface area (Å²) in [7, 11) is -3.72. The van der Waals surface area contributed by atoms with E-state index in [1.54, 1.807) is 27.2 Å². The van der Waals surface area contributed by atoms with Gasteiger partial charge in [0.15, 0.2) is 11.6 Å². The van der Waals surface area contributed by atoms with Crippen LogP contribution in [0.25, 0.3) is 15.3 Å². The summed E-state index contributed by atoms with van der Waals surface area (Å²) in [6.07, 6.45) is 8.12. The van der Waals surface area contributed by atoms with Crippen molar-refractivity contribution in [3.63, 3.8) is 0 Å². The van der Waals surface area contributed by atoms with E-state index in [1.807, 2.05) is 27.7 Å². The van der Waals surface area contributed by atoms with E-state index in [2.05, 4.69) is 116 Å². The SMILES string of the molecule is CCCCC(CC)CN(c1cc(C)c(N=Nc2c(C#N)c(C(C)(C)C)nn2-c2nc3ccc(S(=O)(=O)N4CC4(CC)CCCC)cc3s2)c(Nc2c(C)cc(C)cc2C)n1)c1c(C)cc(C)cc1C. The van der Waals surface area contributed by atoms with Crippen molar-refractivity contribution in [1.29, 1.82) is 5.26 Å². The zero-order valence-electron chi connectivity index (χ0n) is 43.4. The van der Waals surface area contributed by atoms with Crippen LogP contribution in [0.4, 0.5) is 34.5 Å². The Morgan fingerprint density at radius 3 is 2.12 bits per heavy atom. The number of nitrogens with zero attached hydrogens (tertiary/aromatic N) is 9. The van der Waals surface area contributed by atoms with Gasteiger partial charge in [-0.2, -0.15) is 19.3 Å². The number of thiazole rings is 1. The highest BCUT2D eigenvalue weighted by Gasteiger charge is 2.56. The topological polar surface area (TPSA) is 145 Å². The number of hydrogen-bond donors (Lipinski definition) is 1. The molecule has 6 aromatic rings. The summed E-state index contributed by atoms with van der Waals surface area (Å²) in [6, 6.07) is 18.5. The Morgan fingerprint density at radius 2 is 1.52 bits per heavy atom. The number of benzene rings is 3. The molecule has 1 N–H and O–H groups in total. The van der Waals surface area contributed by atoms with Crippen LogP contribution in [-0.4, -0.2) is 51.1 Å². The molecule has 0 bridgehead atoms. The van der Waals surface area contributed by atoms with Gasteiger partial charge in [0.1, 0.15) is 23.1 Å². The number of azo groups is 1. The van der Waals surface area contributed by atoms with Crippen molar-refractivity contribution >= 4 is 66.1 Å². The molecule has 1 fully saturated rings. The van der Waals surface area contributed by atoms with E-state index >= 15 is 0 Å². The molecule has 366 valence electrons. The Balaban J connectivity index is 1.38. The van der Waals surface area contributed by atoms with Crippen LogP contribution in [0.1, 0.15) is 150 Å². The number of nitrogens with one attached hydrogen (secondary N) is 1. The molecule has 7 rings (SSSR count). The average Bonchev–Trinajstić information content (AvgIpc) is 3.67. The molecule has 4 heterocycles. The molecule has 1 saturated heterocycles. The third-order valence-corrected chi connectivity index (χ3v) is 16.8. The number of anilines is 4. The normalized spacial score (nSPS) is 16.6. The van der Waals surface area contributed by atoms with Crippen LogP contribution in [-0.2, 0) is 15.4 Å². The zero-order valence-corrected chi connectivity index (χ0v) is 45.1. The third kappa shape index (κ3) is 10.5. The Kier molecular flexibility index (Phi) is 15.2. The Hall–Kier alpha value is -5.49. The second kappa shape index (κ2) is 20.5. The van der Waals surface area contributed by atoms with E-state index in [4.69, 9.17) is 25.3 Å². The van der Waals surface area contributed by atoms with E-state index < -0.39 is 15.4 Å². The molecule has 0 aliphatic carbocycles. The van der Waals surface area contributed by atoms with Gasteiger partial charge in [-0.05, 0) is 126 Å². The quantitative estimate of drug-likeness (QED) is 0.0624. The highest BCUT2D eigenvalue weighted by molar-refractivity contribution is 7.89. The first-order valence-corrected chi connectivity index (χ1v) is 27.1. The molecule has 14 heteroatoms. The van der Waals surface area contributed by atoms with Crippen molar-refractivity contribution < 1.29 is 8.42 Å². The molecular weight excluding hydrogens is 897 g/mol. The first-order valence-electron chi connectivity index (χ1n) is 24.8. The van der Waals surface area contributed by atoms with Crippen molar-refractivity contribution in [1.82, 2.24) is 24.1 Å². The fraction of sp³-hybridized carbons (Fsp3) is 0.491. The monoisotopic (exact) mass is 969 g/mol. The predicted molar refractivity (Wildman–Crippen MR) is 285 cm³/mol. The molecule has 3 atom stereocenters. The van der Waals surface area contributed by atoms with Gasteiger partial charge in [0.05, 0.1) is 20.8 Å². The lowest BCUT2D eigenvalue weighted by Gasteiger charge is -2.32. The lowest BCUT2D eigenvalue weighted by molar-refractivity contribution is 0.444. The largest absolute Gasteiger partial charge is 0.338 e. The number of hydrogen-bond acceptors (Lipinski definition) is 11. The molecule has 0 amide bonds. The third-order valence-electron chi connectivity index (χ3n) is 13.8. The van der Waals surface area contributed by atoms with E-state index in [-0.39, 0.29) is 21.8 Å². The van der Waals surface area contributed by atoms with Gasteiger partial charge < -0.3 is 10.2 Å². The van der Waals surface area contributed by atoms with Gasteiger partial charge in [-0.3, -0.25) is 0 Å². The summed E-state index contributed by atoms with van der Waals surface area (Å²) in [4.78, 5) is 13.1. The van der Waals surface area contributed by atoms with Gasteiger partial charge in [-0.25, -0.2) is 18.4 Å². The molecule has 1 aliphatic rings. The highest BCUT2D eigenvalue weighted by atomic mass is 32.2. The van der Waals surface area contributed by atoms with Crippen LogP contribution in [0.5, 0.6) is 0 Å². The van der Waals surface area contributed by atoms with Crippen LogP contribution in [0, 0.1) is 65.7 Å². The van der Waals surface area contributed by atoms with Crippen LogP contribution in [0.3, 0.4) is 0 Å². The van der Waals surface area contributed by atoms with Gasteiger partial charge in [0, 0.05) is 35.4 Å². The van der Waals surface area contributed by atoms with Crippen LogP contribution >= 0.6 is 11.3 Å². The van der Waals surface area contributed by atoms with Crippen LogP contribution in [0.15, 0.2) is 63.7 Å². The summed E-state index contributed by atoms with van der Waals surface area (Å²) >= 11 is 1.31. The number of sulfonamides is 1. The fourth-order valence-electron chi connectivity index (χ4n) is 9.95. The zero-order chi connectivity index (χ0) is 50.2. The maximum absolute atomic E-state index is 14.0. The minimum Gasteiger partial charge on any atom is -0.338 e. The van der Waals surface area contributed by atoms with Crippen LogP contribution < -0.4 is 10.2 Å². The standard InChI is InChI=1S/C55H72N10O2S2/c1-15-19-21-41(17-3)32-63(49-39(10)27-35(6)28-40(49)11)46-29-38(9)48(51(58-46)59-47-36(7)25-34(5)26-37(47)8)60-61-52-43(31-56)50(54(12,13)14)62-65(52)53-57-44-23-22-42(30-45(44)68-53)69(66,67)64-33-55(64,18-4)24-20-16-2/h22-23,25-30,41H,15-21,24,32-33H2,1-14H3,(H,58,59). The number of aryl methyl sites for hydroxylation is 7. The first kappa shape index (κ1) is 51.4. The average molecular weight is 969 g/mol. The second-order valence-electron chi connectivity index (χ2n) is 20.5. The van der Waals surface area contributed by atoms with E-state index in [0.717, 1.165) is 85.4 Å². The smallest absolute Gasteiger partial charge is 0.243 e. The van der Waals surface area contributed by atoms with Crippen molar-refractivity contribution in [2.75, 3.05) is 23.3 Å². The second-order valence-corrected chi connectivity index (χ2v) is 23.4. The lowest BCUT2D eigenvalue weighted by atomic mass is 9.90. The van der Waals surface area contributed by atoms with Gasteiger partial charge in [-0.1, -0.05) is 127 Å². The number of pyridine rings is 1. The maximum Gasteiger partial charge on any atom is 0.243 e. The number of rotatable bonds is 19. The van der Waals surface area contributed by atoms with E-state index in [1.165, 1.54) is 40.0 Å². The molecule has 0 saturated carbocycles. The molecule has 0 radical (unpaired) electrons. The summed E-state index contributed by atoms with van der Waals surface area (Å²) in [6.45, 7) is 31.0. The molecule has 3 unspecified atom stereocenters. The van der Waals surface area contributed by atoms with Crippen molar-refractivity contribution in [3.05, 3.63) is 98.7 Å². The van der Waals surface area contributed by atoms with Gasteiger partial charge >= 0.3 is 0 Å². The first-order chi connectivity index (χ1) is 32.7.